The van der Waals surface area contributed by atoms with E-state index in [1.807, 2.05) is 79.7 Å². The molecule has 0 aromatic heterocycles. The smallest absolute Gasteiger partial charge is 0.250 e. The Morgan fingerprint density at radius 1 is 1.00 bits per heavy atom. The van der Waals surface area contributed by atoms with Gasteiger partial charge in [0, 0.05) is 35.6 Å². The van der Waals surface area contributed by atoms with Crippen LogP contribution in [-0.4, -0.2) is 24.9 Å². The third kappa shape index (κ3) is 4.61. The summed E-state index contributed by atoms with van der Waals surface area (Å²) in [6.45, 7) is 3.01. The standard InChI is InChI=1S/C27H25ClN2O2/c1-2-29(22-15-13-21(28)14-16-22)27(32)24-18-19-30(25-11-7-6-10-23(24)25)26(31)17-12-20-8-4-3-5-9-20/h3-17,24H,2,18-19H2,1H3/b17-12+/t24-/m0/s1. The van der Waals surface area contributed by atoms with E-state index in [0.717, 1.165) is 22.5 Å². The molecule has 0 bridgehead atoms. The van der Waals surface area contributed by atoms with Crippen LogP contribution in [-0.2, 0) is 9.59 Å². The van der Waals surface area contributed by atoms with Crippen LogP contribution in [0.5, 0.6) is 0 Å². The van der Waals surface area contributed by atoms with Gasteiger partial charge in [0.15, 0.2) is 0 Å². The lowest BCUT2D eigenvalue weighted by Crippen LogP contribution is -2.41. The quantitative estimate of drug-likeness (QED) is 0.458. The molecular weight excluding hydrogens is 420 g/mol. The third-order valence-electron chi connectivity index (χ3n) is 5.75. The highest BCUT2D eigenvalue weighted by Gasteiger charge is 2.34. The molecule has 0 saturated heterocycles. The first kappa shape index (κ1) is 21.8. The molecule has 0 aliphatic carbocycles. The Morgan fingerprint density at radius 3 is 2.41 bits per heavy atom. The fourth-order valence-corrected chi connectivity index (χ4v) is 4.27. The summed E-state index contributed by atoms with van der Waals surface area (Å²) in [5.74, 6) is -0.351. The number of halogens is 1. The first-order valence-corrected chi connectivity index (χ1v) is 11.2. The Bertz CT molecular complexity index is 1130. The minimum atomic E-state index is -0.302. The summed E-state index contributed by atoms with van der Waals surface area (Å²) in [5, 5.41) is 0.637. The van der Waals surface area contributed by atoms with Crippen molar-refractivity contribution in [1.82, 2.24) is 0 Å². The van der Waals surface area contributed by atoms with Crippen LogP contribution in [0, 0.1) is 0 Å². The van der Waals surface area contributed by atoms with Crippen LogP contribution in [0.1, 0.15) is 30.4 Å². The summed E-state index contributed by atoms with van der Waals surface area (Å²) < 4.78 is 0. The molecule has 0 N–H and O–H groups in total. The predicted octanol–water partition coefficient (Wildman–Crippen LogP) is 5.93. The fraction of sp³-hybridized carbons (Fsp3) is 0.185. The topological polar surface area (TPSA) is 40.6 Å². The van der Waals surface area contributed by atoms with Gasteiger partial charge in [-0.15, -0.1) is 0 Å². The number of carbonyl (C=O) groups excluding carboxylic acids is 2. The van der Waals surface area contributed by atoms with Gasteiger partial charge in [0.1, 0.15) is 0 Å². The zero-order chi connectivity index (χ0) is 22.5. The van der Waals surface area contributed by atoms with Crippen LogP contribution < -0.4 is 9.80 Å². The minimum Gasteiger partial charge on any atom is -0.312 e. The molecule has 1 aliphatic heterocycles. The van der Waals surface area contributed by atoms with E-state index in [1.54, 1.807) is 28.0 Å². The van der Waals surface area contributed by atoms with Crippen LogP contribution in [0.25, 0.3) is 6.08 Å². The molecule has 0 fully saturated rings. The first-order valence-electron chi connectivity index (χ1n) is 10.8. The highest BCUT2D eigenvalue weighted by Crippen LogP contribution is 2.37. The zero-order valence-corrected chi connectivity index (χ0v) is 18.7. The van der Waals surface area contributed by atoms with Gasteiger partial charge >= 0.3 is 0 Å². The summed E-state index contributed by atoms with van der Waals surface area (Å²) >= 11 is 6.02. The summed E-state index contributed by atoms with van der Waals surface area (Å²) in [7, 11) is 0. The van der Waals surface area contributed by atoms with Crippen LogP contribution in [0.2, 0.25) is 5.02 Å². The van der Waals surface area contributed by atoms with Crippen molar-refractivity contribution in [2.24, 2.45) is 0 Å². The molecule has 0 radical (unpaired) electrons. The Balaban J connectivity index is 1.59. The molecule has 3 aromatic rings. The summed E-state index contributed by atoms with van der Waals surface area (Å²) in [5.41, 5.74) is 3.48. The van der Waals surface area contributed by atoms with Crippen molar-refractivity contribution in [3.05, 3.63) is 101 Å². The molecule has 3 aromatic carbocycles. The molecule has 162 valence electrons. The number of carbonyl (C=O) groups is 2. The Hall–Kier alpha value is -3.37. The molecule has 4 rings (SSSR count). The molecular formula is C27H25ClN2O2. The normalized spacial score (nSPS) is 15.4. The van der Waals surface area contributed by atoms with Crippen LogP contribution >= 0.6 is 11.6 Å². The number of hydrogen-bond acceptors (Lipinski definition) is 2. The molecule has 4 nitrogen and oxygen atoms in total. The van der Waals surface area contributed by atoms with E-state index < -0.39 is 0 Å². The van der Waals surface area contributed by atoms with Crippen molar-refractivity contribution in [2.45, 2.75) is 19.3 Å². The minimum absolute atomic E-state index is 0.0363. The molecule has 0 saturated carbocycles. The number of hydrogen-bond donors (Lipinski definition) is 0. The van der Waals surface area contributed by atoms with Crippen molar-refractivity contribution >= 4 is 40.9 Å². The Labute approximate surface area is 193 Å². The number of para-hydroxylation sites is 1. The first-order chi connectivity index (χ1) is 15.6. The van der Waals surface area contributed by atoms with E-state index >= 15 is 0 Å². The molecule has 1 atom stereocenters. The lowest BCUT2D eigenvalue weighted by atomic mass is 9.88. The van der Waals surface area contributed by atoms with E-state index in [4.69, 9.17) is 11.6 Å². The maximum absolute atomic E-state index is 13.5. The lowest BCUT2D eigenvalue weighted by molar-refractivity contribution is -0.120. The van der Waals surface area contributed by atoms with Crippen LogP contribution in [0.4, 0.5) is 11.4 Å². The maximum Gasteiger partial charge on any atom is 0.250 e. The molecule has 32 heavy (non-hydrogen) atoms. The summed E-state index contributed by atoms with van der Waals surface area (Å²) in [6.07, 6.45) is 3.99. The number of rotatable bonds is 5. The molecule has 1 heterocycles. The van der Waals surface area contributed by atoms with Crippen molar-refractivity contribution in [3.63, 3.8) is 0 Å². The van der Waals surface area contributed by atoms with Gasteiger partial charge in [0.05, 0.1) is 5.92 Å². The second kappa shape index (κ2) is 9.84. The van der Waals surface area contributed by atoms with Gasteiger partial charge in [-0.25, -0.2) is 0 Å². The van der Waals surface area contributed by atoms with Gasteiger partial charge in [-0.3, -0.25) is 9.59 Å². The number of amides is 2. The zero-order valence-electron chi connectivity index (χ0n) is 17.9. The lowest BCUT2D eigenvalue weighted by Gasteiger charge is -2.35. The Kier molecular flexibility index (Phi) is 6.72. The van der Waals surface area contributed by atoms with E-state index in [9.17, 15) is 9.59 Å². The van der Waals surface area contributed by atoms with E-state index in [0.29, 0.717) is 24.5 Å². The van der Waals surface area contributed by atoms with Gasteiger partial charge in [-0.2, -0.15) is 0 Å². The molecule has 0 unspecified atom stereocenters. The van der Waals surface area contributed by atoms with Gasteiger partial charge in [-0.1, -0.05) is 60.1 Å². The number of nitrogens with zero attached hydrogens (tertiary/aromatic N) is 2. The largest absolute Gasteiger partial charge is 0.312 e. The van der Waals surface area contributed by atoms with Gasteiger partial charge in [0.2, 0.25) is 5.91 Å². The molecule has 5 heteroatoms. The SMILES string of the molecule is CCN(C(=O)[C@H]1CCN(C(=O)/C=C/c2ccccc2)c2ccccc21)c1ccc(Cl)cc1. The molecule has 0 spiro atoms. The fourth-order valence-electron chi connectivity index (χ4n) is 4.14. The average molecular weight is 445 g/mol. The van der Waals surface area contributed by atoms with Crippen LogP contribution in [0.15, 0.2) is 84.9 Å². The number of likely N-dealkylation sites (N-methyl/N-ethyl adjacent to an activating group) is 1. The van der Waals surface area contributed by atoms with Gasteiger partial charge < -0.3 is 9.80 Å². The van der Waals surface area contributed by atoms with Crippen LogP contribution in [0.3, 0.4) is 0 Å². The van der Waals surface area contributed by atoms with Crippen molar-refractivity contribution in [2.75, 3.05) is 22.9 Å². The Morgan fingerprint density at radius 2 is 1.69 bits per heavy atom. The number of fused-ring (bicyclic) bond motifs is 1. The maximum atomic E-state index is 13.5. The summed E-state index contributed by atoms with van der Waals surface area (Å²) in [4.78, 5) is 30.1. The summed E-state index contributed by atoms with van der Waals surface area (Å²) in [6, 6.07) is 24.8. The van der Waals surface area contributed by atoms with E-state index in [2.05, 4.69) is 0 Å². The van der Waals surface area contributed by atoms with Gasteiger partial charge in [-0.05, 0) is 60.9 Å². The van der Waals surface area contributed by atoms with E-state index in [-0.39, 0.29) is 17.7 Å². The highest BCUT2D eigenvalue weighted by molar-refractivity contribution is 6.30. The second-order valence-electron chi connectivity index (χ2n) is 7.69. The monoisotopic (exact) mass is 444 g/mol. The average Bonchev–Trinajstić information content (AvgIpc) is 2.84. The predicted molar refractivity (Wildman–Crippen MR) is 131 cm³/mol. The third-order valence-corrected chi connectivity index (χ3v) is 6.00. The van der Waals surface area contributed by atoms with E-state index in [1.165, 1.54) is 0 Å². The second-order valence-corrected chi connectivity index (χ2v) is 8.13. The van der Waals surface area contributed by atoms with Crippen molar-refractivity contribution in [1.29, 1.82) is 0 Å². The molecule has 2 amide bonds. The van der Waals surface area contributed by atoms with Crippen molar-refractivity contribution in [3.8, 4) is 0 Å². The molecule has 1 aliphatic rings. The van der Waals surface area contributed by atoms with Gasteiger partial charge in [0.25, 0.3) is 5.91 Å². The highest BCUT2D eigenvalue weighted by atomic mass is 35.5. The number of anilines is 2. The van der Waals surface area contributed by atoms with Crippen molar-refractivity contribution < 1.29 is 9.59 Å². The number of benzene rings is 3.